The van der Waals surface area contributed by atoms with Gasteiger partial charge in [0.2, 0.25) is 0 Å². The van der Waals surface area contributed by atoms with E-state index in [9.17, 15) is 14.0 Å². The lowest BCUT2D eigenvalue weighted by Gasteiger charge is -2.22. The van der Waals surface area contributed by atoms with Crippen LogP contribution in [0.15, 0.2) is 24.3 Å². The van der Waals surface area contributed by atoms with Crippen molar-refractivity contribution in [2.45, 2.75) is 45.7 Å². The van der Waals surface area contributed by atoms with E-state index in [0.29, 0.717) is 17.9 Å². The highest BCUT2D eigenvalue weighted by atomic mass is 19.1. The van der Waals surface area contributed by atoms with Gasteiger partial charge in [-0.25, -0.2) is 9.18 Å². The molecule has 5 heteroatoms. The topological polar surface area (TPSA) is 49.4 Å². The van der Waals surface area contributed by atoms with Crippen molar-refractivity contribution < 1.29 is 14.0 Å². The molecule has 1 fully saturated rings. The SMILES string of the molecule is CC(C)CCC1(C)NC(=O)N(Cc2ccccc2F)C1=O. The Labute approximate surface area is 124 Å². The maximum atomic E-state index is 13.7. The second-order valence-corrected chi connectivity index (χ2v) is 6.18. The summed E-state index contributed by atoms with van der Waals surface area (Å²) in [6.45, 7) is 5.84. The molecule has 0 aliphatic carbocycles. The van der Waals surface area contributed by atoms with Gasteiger partial charge in [0, 0.05) is 5.56 Å². The number of hydrogen-bond acceptors (Lipinski definition) is 2. The highest BCUT2D eigenvalue weighted by Crippen LogP contribution is 2.26. The third kappa shape index (κ3) is 3.23. The second kappa shape index (κ2) is 5.84. The summed E-state index contributed by atoms with van der Waals surface area (Å²) < 4.78 is 13.7. The summed E-state index contributed by atoms with van der Waals surface area (Å²) in [6, 6.07) is 5.73. The van der Waals surface area contributed by atoms with E-state index in [1.54, 1.807) is 25.1 Å². The van der Waals surface area contributed by atoms with Gasteiger partial charge in [-0.1, -0.05) is 32.0 Å². The molecule has 114 valence electrons. The number of carbonyl (C=O) groups excluding carboxylic acids is 2. The first-order valence-corrected chi connectivity index (χ1v) is 7.21. The summed E-state index contributed by atoms with van der Waals surface area (Å²) in [5.74, 6) is -0.238. The van der Waals surface area contributed by atoms with Crippen LogP contribution in [0, 0.1) is 11.7 Å². The quantitative estimate of drug-likeness (QED) is 0.848. The Morgan fingerprint density at radius 3 is 2.57 bits per heavy atom. The maximum absolute atomic E-state index is 13.7. The van der Waals surface area contributed by atoms with Crippen molar-refractivity contribution in [1.29, 1.82) is 0 Å². The first-order chi connectivity index (χ1) is 9.83. The highest BCUT2D eigenvalue weighted by molar-refractivity contribution is 6.06. The number of amides is 3. The predicted molar refractivity (Wildman–Crippen MR) is 78.0 cm³/mol. The summed E-state index contributed by atoms with van der Waals surface area (Å²) in [5, 5.41) is 2.74. The minimum absolute atomic E-state index is 0.0331. The Balaban J connectivity index is 2.13. The molecule has 0 bridgehead atoms. The third-order valence-electron chi connectivity index (χ3n) is 3.85. The lowest BCUT2D eigenvalue weighted by Crippen LogP contribution is -2.44. The standard InChI is InChI=1S/C16H21FN2O2/c1-11(2)8-9-16(3)14(20)19(15(21)18-16)10-12-6-4-5-7-13(12)17/h4-7,11H,8-10H2,1-3H3,(H,18,21). The van der Waals surface area contributed by atoms with Crippen molar-refractivity contribution >= 4 is 11.9 Å². The fourth-order valence-corrected chi connectivity index (χ4v) is 2.43. The molecule has 0 spiro atoms. The van der Waals surface area contributed by atoms with Gasteiger partial charge in [0.25, 0.3) is 5.91 Å². The van der Waals surface area contributed by atoms with Gasteiger partial charge < -0.3 is 5.32 Å². The fourth-order valence-electron chi connectivity index (χ4n) is 2.43. The van der Waals surface area contributed by atoms with Crippen LogP contribution in [0.3, 0.4) is 0 Å². The van der Waals surface area contributed by atoms with Gasteiger partial charge in [0.05, 0.1) is 6.54 Å². The van der Waals surface area contributed by atoms with Crippen LogP contribution in [0.5, 0.6) is 0 Å². The van der Waals surface area contributed by atoms with E-state index < -0.39 is 17.4 Å². The normalized spacial score (nSPS) is 22.0. The Bertz CT molecular complexity index is 559. The molecular formula is C16H21FN2O2. The molecule has 1 saturated heterocycles. The maximum Gasteiger partial charge on any atom is 0.325 e. The van der Waals surface area contributed by atoms with E-state index in [1.165, 1.54) is 6.07 Å². The van der Waals surface area contributed by atoms with Crippen LogP contribution in [0.25, 0.3) is 0 Å². The molecule has 3 amide bonds. The molecule has 1 aliphatic heterocycles. The van der Waals surface area contributed by atoms with E-state index >= 15 is 0 Å². The Hall–Kier alpha value is -1.91. The van der Waals surface area contributed by atoms with E-state index in [2.05, 4.69) is 19.2 Å². The number of rotatable bonds is 5. The van der Waals surface area contributed by atoms with Gasteiger partial charge >= 0.3 is 6.03 Å². The first kappa shape index (κ1) is 15.5. The van der Waals surface area contributed by atoms with Crippen molar-refractivity contribution in [3.05, 3.63) is 35.6 Å². The van der Waals surface area contributed by atoms with Crippen LogP contribution in [0.4, 0.5) is 9.18 Å². The van der Waals surface area contributed by atoms with Crippen molar-refractivity contribution in [3.63, 3.8) is 0 Å². The molecule has 21 heavy (non-hydrogen) atoms. The Morgan fingerprint density at radius 1 is 1.29 bits per heavy atom. The van der Waals surface area contributed by atoms with Gasteiger partial charge in [0.1, 0.15) is 11.4 Å². The zero-order chi connectivity index (χ0) is 15.6. The van der Waals surface area contributed by atoms with Gasteiger partial charge in [-0.3, -0.25) is 9.69 Å². The number of imide groups is 1. The molecule has 1 N–H and O–H groups in total. The second-order valence-electron chi connectivity index (χ2n) is 6.18. The highest BCUT2D eigenvalue weighted by Gasteiger charge is 2.47. The lowest BCUT2D eigenvalue weighted by atomic mass is 9.92. The minimum Gasteiger partial charge on any atom is -0.323 e. The third-order valence-corrected chi connectivity index (χ3v) is 3.85. The van der Waals surface area contributed by atoms with Crippen LogP contribution < -0.4 is 5.32 Å². The molecule has 1 atom stereocenters. The van der Waals surface area contributed by atoms with Crippen LogP contribution in [0.1, 0.15) is 39.2 Å². The van der Waals surface area contributed by atoms with Crippen LogP contribution in [0.2, 0.25) is 0 Å². The number of nitrogens with zero attached hydrogens (tertiary/aromatic N) is 1. The van der Waals surface area contributed by atoms with Crippen molar-refractivity contribution in [2.24, 2.45) is 5.92 Å². The molecule has 0 radical (unpaired) electrons. The molecule has 1 unspecified atom stereocenters. The van der Waals surface area contributed by atoms with E-state index in [0.717, 1.165) is 11.3 Å². The number of nitrogens with one attached hydrogen (secondary N) is 1. The van der Waals surface area contributed by atoms with Gasteiger partial charge in [-0.2, -0.15) is 0 Å². The van der Waals surface area contributed by atoms with Gasteiger partial charge in [0.15, 0.2) is 0 Å². The van der Waals surface area contributed by atoms with Crippen LogP contribution in [-0.4, -0.2) is 22.4 Å². The minimum atomic E-state index is -0.882. The van der Waals surface area contributed by atoms with E-state index in [1.807, 2.05) is 0 Å². The molecule has 1 aromatic rings. The average Bonchev–Trinajstić information content (AvgIpc) is 2.63. The summed E-state index contributed by atoms with van der Waals surface area (Å²) in [4.78, 5) is 25.6. The molecule has 4 nitrogen and oxygen atoms in total. The number of carbonyl (C=O) groups is 2. The number of halogens is 1. The van der Waals surface area contributed by atoms with E-state index in [-0.39, 0.29) is 12.5 Å². The Morgan fingerprint density at radius 2 is 1.95 bits per heavy atom. The number of hydrogen-bond donors (Lipinski definition) is 1. The lowest BCUT2D eigenvalue weighted by molar-refractivity contribution is -0.131. The predicted octanol–water partition coefficient (Wildman–Crippen LogP) is 3.07. The largest absolute Gasteiger partial charge is 0.325 e. The van der Waals surface area contributed by atoms with Crippen LogP contribution in [-0.2, 0) is 11.3 Å². The van der Waals surface area contributed by atoms with Crippen molar-refractivity contribution in [2.75, 3.05) is 0 Å². The van der Waals surface area contributed by atoms with E-state index in [4.69, 9.17) is 0 Å². The molecule has 1 heterocycles. The molecular weight excluding hydrogens is 271 g/mol. The summed E-state index contributed by atoms with van der Waals surface area (Å²) >= 11 is 0. The summed E-state index contributed by atoms with van der Waals surface area (Å²) in [6.07, 6.45) is 1.43. The van der Waals surface area contributed by atoms with Gasteiger partial charge in [-0.05, 0) is 31.7 Å². The molecule has 2 rings (SSSR count). The van der Waals surface area contributed by atoms with Gasteiger partial charge in [-0.15, -0.1) is 0 Å². The Kier molecular flexibility index (Phi) is 4.30. The average molecular weight is 292 g/mol. The molecule has 0 saturated carbocycles. The number of benzene rings is 1. The number of urea groups is 1. The zero-order valence-corrected chi connectivity index (χ0v) is 12.6. The first-order valence-electron chi connectivity index (χ1n) is 7.21. The summed E-state index contributed by atoms with van der Waals surface area (Å²) in [5.41, 5.74) is -0.541. The van der Waals surface area contributed by atoms with Crippen molar-refractivity contribution in [3.8, 4) is 0 Å². The monoisotopic (exact) mass is 292 g/mol. The molecule has 1 aromatic carbocycles. The molecule has 1 aliphatic rings. The fraction of sp³-hybridized carbons (Fsp3) is 0.500. The van der Waals surface area contributed by atoms with Crippen LogP contribution >= 0.6 is 0 Å². The van der Waals surface area contributed by atoms with Crippen molar-refractivity contribution in [1.82, 2.24) is 10.2 Å². The summed E-state index contributed by atoms with van der Waals surface area (Å²) in [7, 11) is 0. The smallest absolute Gasteiger partial charge is 0.323 e. The zero-order valence-electron chi connectivity index (χ0n) is 12.6. The molecule has 0 aromatic heterocycles.